The van der Waals surface area contributed by atoms with Crippen molar-refractivity contribution >= 4 is 14.3 Å². The number of aromatic nitrogens is 1. The summed E-state index contributed by atoms with van der Waals surface area (Å²) in [5.74, 6) is -0.641. The maximum Gasteiger partial charge on any atom is 0.387 e. The molecule has 0 aliphatic carbocycles. The minimum Gasteiger partial charge on any atom is -0.461 e. The van der Waals surface area contributed by atoms with Crippen LogP contribution in [0.5, 0.6) is 5.75 Å². The predicted octanol–water partition coefficient (Wildman–Crippen LogP) is 4.24. The number of esters is 1. The maximum absolute atomic E-state index is 12.8. The van der Waals surface area contributed by atoms with Crippen LogP contribution < -0.4 is 4.74 Å². The number of alkyl halides is 2. The van der Waals surface area contributed by atoms with Crippen LogP contribution in [0.3, 0.4) is 0 Å². The van der Waals surface area contributed by atoms with E-state index in [1.807, 2.05) is 0 Å². The van der Waals surface area contributed by atoms with E-state index < -0.39 is 20.9 Å². The number of pyridine rings is 1. The summed E-state index contributed by atoms with van der Waals surface area (Å²) in [5.41, 5.74) is 1.19. The number of carbonyl (C=O) groups is 1. The van der Waals surface area contributed by atoms with Crippen molar-refractivity contribution in [1.29, 1.82) is 0 Å². The maximum atomic E-state index is 12.8. The molecule has 0 atom stereocenters. The van der Waals surface area contributed by atoms with Crippen molar-refractivity contribution in [1.82, 2.24) is 9.88 Å². The van der Waals surface area contributed by atoms with Crippen LogP contribution in [-0.2, 0) is 22.1 Å². The Morgan fingerprint density at radius 3 is 2.62 bits per heavy atom. The lowest BCUT2D eigenvalue weighted by molar-refractivity contribution is -0.0509. The van der Waals surface area contributed by atoms with Gasteiger partial charge in [0.15, 0.2) is 14.0 Å². The molecule has 0 fully saturated rings. The van der Waals surface area contributed by atoms with E-state index in [1.54, 1.807) is 6.92 Å². The molecule has 0 aromatic carbocycles. The summed E-state index contributed by atoms with van der Waals surface area (Å²) in [6.07, 6.45) is 0.521. The molecule has 0 radical (unpaired) electrons. The van der Waals surface area contributed by atoms with Crippen molar-refractivity contribution in [3.05, 3.63) is 23.0 Å². The number of nitrogens with zero attached hydrogens (tertiary/aromatic N) is 2. The molecule has 1 aliphatic rings. The van der Waals surface area contributed by atoms with Crippen LogP contribution in [0.4, 0.5) is 8.78 Å². The van der Waals surface area contributed by atoms with Gasteiger partial charge in [-0.15, -0.1) is 0 Å². The Morgan fingerprint density at radius 1 is 1.34 bits per heavy atom. The lowest BCUT2D eigenvalue weighted by Gasteiger charge is -2.37. The van der Waals surface area contributed by atoms with Crippen LogP contribution in [0, 0.1) is 0 Å². The van der Waals surface area contributed by atoms with Crippen LogP contribution in [0.15, 0.2) is 6.07 Å². The van der Waals surface area contributed by atoms with Crippen molar-refractivity contribution < 1.29 is 27.5 Å². The summed E-state index contributed by atoms with van der Waals surface area (Å²) in [4.78, 5) is 18.6. The molecule has 0 amide bonds. The summed E-state index contributed by atoms with van der Waals surface area (Å²) >= 11 is 0. The average Bonchev–Trinajstić information content (AvgIpc) is 2.60. The quantitative estimate of drug-likeness (QED) is 0.454. The zero-order valence-corrected chi connectivity index (χ0v) is 19.2. The third kappa shape index (κ3) is 6.20. The van der Waals surface area contributed by atoms with Crippen molar-refractivity contribution in [2.75, 3.05) is 26.3 Å². The Bertz CT molecular complexity index is 723. The van der Waals surface area contributed by atoms with E-state index in [4.69, 9.17) is 9.16 Å². The van der Waals surface area contributed by atoms with Crippen LogP contribution in [0.25, 0.3) is 0 Å². The molecule has 0 saturated heterocycles. The first kappa shape index (κ1) is 23.7. The molecular formula is C20H32F2N2O4Si. The first-order valence-electron chi connectivity index (χ1n) is 9.95. The zero-order chi connectivity index (χ0) is 21.8. The molecule has 9 heteroatoms. The smallest absolute Gasteiger partial charge is 0.387 e. The van der Waals surface area contributed by atoms with Gasteiger partial charge in [-0.2, -0.15) is 8.78 Å². The highest BCUT2D eigenvalue weighted by molar-refractivity contribution is 6.74. The van der Waals surface area contributed by atoms with Crippen molar-refractivity contribution in [3.63, 3.8) is 0 Å². The predicted molar refractivity (Wildman–Crippen MR) is 109 cm³/mol. The third-order valence-corrected chi connectivity index (χ3v) is 10.1. The molecule has 1 aromatic heterocycles. The second-order valence-electron chi connectivity index (χ2n) is 8.66. The van der Waals surface area contributed by atoms with Crippen molar-refractivity contribution in [2.24, 2.45) is 0 Å². The van der Waals surface area contributed by atoms with Crippen molar-refractivity contribution in [3.8, 4) is 5.75 Å². The number of hydrogen-bond donors (Lipinski definition) is 0. The summed E-state index contributed by atoms with van der Waals surface area (Å²) in [5, 5.41) is 0.138. The molecule has 0 unspecified atom stereocenters. The molecule has 0 bridgehead atoms. The molecule has 6 nitrogen and oxygen atoms in total. The van der Waals surface area contributed by atoms with Crippen LogP contribution in [0.2, 0.25) is 18.1 Å². The molecule has 0 N–H and O–H groups in total. The Morgan fingerprint density at radius 2 is 2.03 bits per heavy atom. The first-order valence-corrected chi connectivity index (χ1v) is 12.9. The van der Waals surface area contributed by atoms with Gasteiger partial charge in [0.2, 0.25) is 0 Å². The zero-order valence-electron chi connectivity index (χ0n) is 18.2. The molecule has 164 valence electrons. The number of rotatable bonds is 8. The topological polar surface area (TPSA) is 60.9 Å². The summed E-state index contributed by atoms with van der Waals surface area (Å²) in [6.45, 7) is 12.3. The minimum atomic E-state index is -2.97. The van der Waals surface area contributed by atoms with Gasteiger partial charge in [0.05, 0.1) is 12.3 Å². The molecular weight excluding hydrogens is 398 g/mol. The molecule has 1 aromatic rings. The fourth-order valence-corrected chi connectivity index (χ4v) is 3.94. The van der Waals surface area contributed by atoms with E-state index in [9.17, 15) is 13.6 Å². The lowest BCUT2D eigenvalue weighted by atomic mass is 10.0. The van der Waals surface area contributed by atoms with Gasteiger partial charge in [0.1, 0.15) is 5.75 Å². The number of hydrogen-bond acceptors (Lipinski definition) is 6. The van der Waals surface area contributed by atoms with Crippen LogP contribution in [-0.4, -0.2) is 57.1 Å². The minimum absolute atomic E-state index is 0.00484. The SMILES string of the molecule is CCOC(=O)c1cc(OC(F)F)c2c(n1)CN(CCO[Si](C)(C)C(C)(C)C)CC2. The summed E-state index contributed by atoms with van der Waals surface area (Å²) in [6, 6.07) is 1.25. The number of fused-ring (bicyclic) bond motifs is 1. The number of halogens is 2. The van der Waals surface area contributed by atoms with Crippen LogP contribution in [0.1, 0.15) is 49.4 Å². The Labute approximate surface area is 172 Å². The summed E-state index contributed by atoms with van der Waals surface area (Å²) in [7, 11) is -1.83. The Kier molecular flexibility index (Phi) is 7.75. The Balaban J connectivity index is 2.13. The fourth-order valence-electron chi connectivity index (χ4n) is 2.91. The van der Waals surface area contributed by atoms with E-state index in [0.29, 0.717) is 43.9 Å². The second kappa shape index (κ2) is 9.49. The third-order valence-electron chi connectivity index (χ3n) is 5.60. The highest BCUT2D eigenvalue weighted by atomic mass is 28.4. The molecule has 1 aliphatic heterocycles. The number of ether oxygens (including phenoxy) is 2. The monoisotopic (exact) mass is 430 g/mol. The molecule has 29 heavy (non-hydrogen) atoms. The normalized spacial score (nSPS) is 15.3. The molecule has 0 saturated carbocycles. The lowest BCUT2D eigenvalue weighted by Crippen LogP contribution is -2.43. The second-order valence-corrected chi connectivity index (χ2v) is 13.5. The number of carbonyl (C=O) groups excluding carboxylic acids is 1. The van der Waals surface area contributed by atoms with E-state index in [2.05, 4.69) is 48.5 Å². The molecule has 2 heterocycles. The fraction of sp³-hybridized carbons (Fsp3) is 0.700. The van der Waals surface area contributed by atoms with Gasteiger partial charge >= 0.3 is 12.6 Å². The largest absolute Gasteiger partial charge is 0.461 e. The standard InChI is InChI=1S/C20H32F2N2O4Si/c1-7-26-18(25)15-12-17(28-19(21)22)14-8-9-24(13-16(14)23-15)10-11-27-29(5,6)20(2,3)4/h12,19H,7-11,13H2,1-6H3. The van der Waals surface area contributed by atoms with Gasteiger partial charge in [-0.05, 0) is 31.5 Å². The first-order chi connectivity index (χ1) is 13.4. The Hall–Kier alpha value is -1.58. The van der Waals surface area contributed by atoms with E-state index in [-0.39, 0.29) is 23.1 Å². The van der Waals surface area contributed by atoms with Crippen LogP contribution >= 0.6 is 0 Å². The van der Waals surface area contributed by atoms with E-state index in [1.165, 1.54) is 6.07 Å². The molecule has 0 spiro atoms. The van der Waals surface area contributed by atoms with Crippen molar-refractivity contribution in [2.45, 2.75) is 65.4 Å². The highest BCUT2D eigenvalue weighted by Crippen LogP contribution is 2.36. The van der Waals surface area contributed by atoms with Gasteiger partial charge in [-0.3, -0.25) is 4.90 Å². The summed E-state index contributed by atoms with van der Waals surface area (Å²) < 4.78 is 41.5. The van der Waals surface area contributed by atoms with Gasteiger partial charge in [0, 0.05) is 37.9 Å². The molecule has 2 rings (SSSR count). The van der Waals surface area contributed by atoms with Gasteiger partial charge in [-0.25, -0.2) is 9.78 Å². The van der Waals surface area contributed by atoms with Gasteiger partial charge in [0.25, 0.3) is 0 Å². The van der Waals surface area contributed by atoms with E-state index >= 15 is 0 Å². The van der Waals surface area contributed by atoms with Gasteiger partial charge in [-0.1, -0.05) is 20.8 Å². The van der Waals surface area contributed by atoms with Gasteiger partial charge < -0.3 is 13.9 Å². The highest BCUT2D eigenvalue weighted by Gasteiger charge is 2.37. The van der Waals surface area contributed by atoms with E-state index in [0.717, 1.165) is 0 Å². The average molecular weight is 431 g/mol.